The van der Waals surface area contributed by atoms with Gasteiger partial charge in [-0.3, -0.25) is 0 Å². The lowest BCUT2D eigenvalue weighted by molar-refractivity contribution is 0.0135. The van der Waals surface area contributed by atoms with Crippen LogP contribution in [0.15, 0.2) is 0 Å². The van der Waals surface area contributed by atoms with Gasteiger partial charge in [-0.15, -0.1) is 0 Å². The number of carbonyl (C=O) groups excluding carboxylic acids is 1. The van der Waals surface area contributed by atoms with Crippen molar-refractivity contribution < 1.29 is 9.53 Å². The van der Waals surface area contributed by atoms with Gasteiger partial charge >= 0.3 is 6.09 Å². The maximum atomic E-state index is 12.4. The van der Waals surface area contributed by atoms with Gasteiger partial charge in [-0.2, -0.15) is 0 Å². The molecule has 3 unspecified atom stereocenters. The maximum absolute atomic E-state index is 12.4. The Bertz CT molecular complexity index is 338. The fourth-order valence-corrected chi connectivity index (χ4v) is 3.76. The van der Waals surface area contributed by atoms with E-state index in [4.69, 9.17) is 4.74 Å². The highest BCUT2D eigenvalue weighted by molar-refractivity contribution is 5.69. The minimum absolute atomic E-state index is 0.125. The summed E-state index contributed by atoms with van der Waals surface area (Å²) in [5.74, 6) is 0.587. The minimum Gasteiger partial charge on any atom is -0.444 e. The normalized spacial score (nSPS) is 31.4. The smallest absolute Gasteiger partial charge is 0.410 e. The molecule has 0 aromatic carbocycles. The second kappa shape index (κ2) is 6.33. The molecule has 116 valence electrons. The van der Waals surface area contributed by atoms with Crippen LogP contribution in [-0.2, 0) is 4.74 Å². The summed E-state index contributed by atoms with van der Waals surface area (Å²) >= 11 is 0. The zero-order chi connectivity index (χ0) is 14.8. The van der Waals surface area contributed by atoms with Gasteiger partial charge in [-0.1, -0.05) is 12.8 Å². The molecular formula is C16H30N2O2. The topological polar surface area (TPSA) is 41.6 Å². The van der Waals surface area contributed by atoms with E-state index in [0.29, 0.717) is 18.0 Å². The van der Waals surface area contributed by atoms with Crippen LogP contribution in [0.2, 0.25) is 0 Å². The van der Waals surface area contributed by atoms with Gasteiger partial charge in [0.25, 0.3) is 0 Å². The van der Waals surface area contributed by atoms with Crippen molar-refractivity contribution in [2.45, 2.75) is 77.0 Å². The molecule has 1 saturated carbocycles. The zero-order valence-electron chi connectivity index (χ0n) is 13.4. The van der Waals surface area contributed by atoms with Gasteiger partial charge in [0, 0.05) is 18.6 Å². The largest absolute Gasteiger partial charge is 0.444 e. The highest BCUT2D eigenvalue weighted by atomic mass is 16.6. The minimum atomic E-state index is -0.404. The van der Waals surface area contributed by atoms with Crippen molar-refractivity contribution in [2.24, 2.45) is 5.92 Å². The predicted octanol–water partition coefficient (Wildman–Crippen LogP) is 3.16. The summed E-state index contributed by atoms with van der Waals surface area (Å²) in [6.07, 6.45) is 7.18. The van der Waals surface area contributed by atoms with Crippen molar-refractivity contribution in [1.29, 1.82) is 0 Å². The highest BCUT2D eigenvalue weighted by Gasteiger charge is 2.40. The molecule has 0 bridgehead atoms. The van der Waals surface area contributed by atoms with E-state index in [1.165, 1.54) is 25.7 Å². The Labute approximate surface area is 123 Å². The predicted molar refractivity (Wildman–Crippen MR) is 80.8 cm³/mol. The maximum Gasteiger partial charge on any atom is 0.410 e. The van der Waals surface area contributed by atoms with Gasteiger partial charge in [0.2, 0.25) is 0 Å². The Morgan fingerprint density at radius 1 is 1.15 bits per heavy atom. The van der Waals surface area contributed by atoms with Crippen molar-refractivity contribution in [3.8, 4) is 0 Å². The van der Waals surface area contributed by atoms with E-state index in [0.717, 1.165) is 19.4 Å². The molecular weight excluding hydrogens is 252 g/mol. The fourth-order valence-electron chi connectivity index (χ4n) is 3.76. The lowest BCUT2D eigenvalue weighted by atomic mass is 9.79. The molecule has 2 fully saturated rings. The van der Waals surface area contributed by atoms with Gasteiger partial charge in [-0.25, -0.2) is 4.79 Å². The molecule has 0 aromatic rings. The Hall–Kier alpha value is -0.770. The van der Waals surface area contributed by atoms with E-state index in [9.17, 15) is 4.79 Å². The van der Waals surface area contributed by atoms with Gasteiger partial charge in [0.15, 0.2) is 0 Å². The van der Waals surface area contributed by atoms with Crippen LogP contribution in [0, 0.1) is 5.92 Å². The first kappa shape index (κ1) is 15.6. The molecule has 1 saturated heterocycles. The summed E-state index contributed by atoms with van der Waals surface area (Å²) in [4.78, 5) is 14.4. The summed E-state index contributed by atoms with van der Waals surface area (Å²) in [5, 5.41) is 3.46. The number of nitrogens with one attached hydrogen (secondary N) is 1. The number of carbonyl (C=O) groups is 1. The molecule has 0 spiro atoms. The molecule has 1 aliphatic carbocycles. The van der Waals surface area contributed by atoms with Gasteiger partial charge in [-0.05, 0) is 59.4 Å². The van der Waals surface area contributed by atoms with Crippen LogP contribution < -0.4 is 5.32 Å². The molecule has 4 nitrogen and oxygen atoms in total. The molecule has 0 aromatic heterocycles. The summed E-state index contributed by atoms with van der Waals surface area (Å²) in [7, 11) is 2.05. The molecule has 2 rings (SSSR count). The molecule has 4 heteroatoms. The van der Waals surface area contributed by atoms with Crippen molar-refractivity contribution in [1.82, 2.24) is 10.2 Å². The zero-order valence-corrected chi connectivity index (χ0v) is 13.4. The summed E-state index contributed by atoms with van der Waals surface area (Å²) in [5.41, 5.74) is -0.404. The summed E-state index contributed by atoms with van der Waals surface area (Å²) in [6, 6.07) is 0.916. The monoisotopic (exact) mass is 282 g/mol. The molecule has 1 heterocycles. The first-order chi connectivity index (χ1) is 9.42. The number of likely N-dealkylation sites (tertiary alicyclic amines) is 1. The second-order valence-electron chi connectivity index (χ2n) is 7.23. The number of amides is 1. The first-order valence-corrected chi connectivity index (χ1v) is 8.09. The van der Waals surface area contributed by atoms with Crippen LogP contribution in [0.1, 0.15) is 59.3 Å². The third-order valence-electron chi connectivity index (χ3n) is 4.61. The lowest BCUT2D eigenvalue weighted by Crippen LogP contribution is -2.50. The SMILES string of the molecule is CNC1CCCCC1C1CCCN1C(=O)OC(C)(C)C. The van der Waals surface area contributed by atoms with E-state index in [-0.39, 0.29) is 6.09 Å². The van der Waals surface area contributed by atoms with Crippen LogP contribution >= 0.6 is 0 Å². The van der Waals surface area contributed by atoms with Crippen molar-refractivity contribution in [3.05, 3.63) is 0 Å². The van der Waals surface area contributed by atoms with Crippen LogP contribution in [-0.4, -0.2) is 42.3 Å². The molecule has 3 atom stereocenters. The summed E-state index contributed by atoms with van der Waals surface area (Å²) < 4.78 is 5.58. The standard InChI is InChI=1S/C16H30N2O2/c1-16(2,3)20-15(19)18-11-7-10-14(18)12-8-5-6-9-13(12)17-4/h12-14,17H,5-11H2,1-4H3. The molecule has 1 amide bonds. The number of hydrogen-bond acceptors (Lipinski definition) is 3. The second-order valence-corrected chi connectivity index (χ2v) is 7.23. The third kappa shape index (κ3) is 3.66. The number of ether oxygens (including phenoxy) is 1. The number of hydrogen-bond donors (Lipinski definition) is 1. The molecule has 20 heavy (non-hydrogen) atoms. The average Bonchev–Trinajstić information content (AvgIpc) is 2.85. The Kier molecular flexibility index (Phi) is 4.95. The molecule has 1 aliphatic heterocycles. The summed E-state index contributed by atoms with van der Waals surface area (Å²) in [6.45, 7) is 6.67. The van der Waals surface area contributed by atoms with E-state index < -0.39 is 5.60 Å². The van der Waals surface area contributed by atoms with Crippen molar-refractivity contribution in [2.75, 3.05) is 13.6 Å². The van der Waals surface area contributed by atoms with Gasteiger partial charge in [0.05, 0.1) is 0 Å². The van der Waals surface area contributed by atoms with Crippen molar-refractivity contribution in [3.63, 3.8) is 0 Å². The van der Waals surface area contributed by atoms with Crippen molar-refractivity contribution >= 4 is 6.09 Å². The van der Waals surface area contributed by atoms with Crippen LogP contribution in [0.5, 0.6) is 0 Å². The van der Waals surface area contributed by atoms with E-state index in [1.54, 1.807) is 0 Å². The fraction of sp³-hybridized carbons (Fsp3) is 0.938. The van der Waals surface area contributed by atoms with E-state index in [2.05, 4.69) is 12.4 Å². The van der Waals surface area contributed by atoms with Gasteiger partial charge < -0.3 is 15.0 Å². The molecule has 2 aliphatic rings. The lowest BCUT2D eigenvalue weighted by Gasteiger charge is -2.39. The molecule has 0 radical (unpaired) electrons. The van der Waals surface area contributed by atoms with Crippen LogP contribution in [0.3, 0.4) is 0 Å². The number of rotatable bonds is 2. The Morgan fingerprint density at radius 3 is 2.50 bits per heavy atom. The Balaban J connectivity index is 2.04. The van der Waals surface area contributed by atoms with Crippen LogP contribution in [0.25, 0.3) is 0 Å². The first-order valence-electron chi connectivity index (χ1n) is 8.09. The Morgan fingerprint density at radius 2 is 1.85 bits per heavy atom. The average molecular weight is 282 g/mol. The van der Waals surface area contributed by atoms with E-state index >= 15 is 0 Å². The number of nitrogens with zero attached hydrogens (tertiary/aromatic N) is 1. The highest BCUT2D eigenvalue weighted by Crippen LogP contribution is 2.35. The quantitative estimate of drug-likeness (QED) is 0.846. The van der Waals surface area contributed by atoms with Crippen LogP contribution in [0.4, 0.5) is 4.79 Å². The molecule has 1 N–H and O–H groups in total. The van der Waals surface area contributed by atoms with Gasteiger partial charge in [0.1, 0.15) is 5.60 Å². The van der Waals surface area contributed by atoms with E-state index in [1.807, 2.05) is 25.7 Å². The third-order valence-corrected chi connectivity index (χ3v) is 4.61.